The lowest BCUT2D eigenvalue weighted by Crippen LogP contribution is -2.34. The molecule has 4 heteroatoms. The molecule has 0 spiro atoms. The largest absolute Gasteiger partial charge is 0.289 e. The van der Waals surface area contributed by atoms with Crippen LogP contribution in [0.3, 0.4) is 0 Å². The number of benzene rings is 1. The molecule has 1 aromatic rings. The molecule has 2 heterocycles. The van der Waals surface area contributed by atoms with Crippen molar-refractivity contribution in [3.8, 4) is 0 Å². The summed E-state index contributed by atoms with van der Waals surface area (Å²) in [6.07, 6.45) is 0.327. The third kappa shape index (κ3) is 1.42. The van der Waals surface area contributed by atoms with E-state index in [9.17, 15) is 9.59 Å². The topological polar surface area (TPSA) is 40.4 Å². The van der Waals surface area contributed by atoms with Crippen molar-refractivity contribution < 1.29 is 9.59 Å². The lowest BCUT2D eigenvalue weighted by molar-refractivity contribution is -0.122. The Bertz CT molecular complexity index is 440. The van der Waals surface area contributed by atoms with Crippen molar-refractivity contribution in [1.82, 2.24) is 4.90 Å². The van der Waals surface area contributed by atoms with Crippen molar-refractivity contribution in [3.63, 3.8) is 0 Å². The Hall–Kier alpha value is -1.68. The summed E-state index contributed by atoms with van der Waals surface area (Å²) in [6, 6.07) is 8.91. The summed E-state index contributed by atoms with van der Waals surface area (Å²) in [6.45, 7) is 1.87. The van der Waals surface area contributed by atoms with Crippen LogP contribution < -0.4 is 4.90 Å². The molecular formula is C12H12N2O2. The molecule has 0 bridgehead atoms. The van der Waals surface area contributed by atoms with Gasteiger partial charge in [-0.3, -0.25) is 14.5 Å². The van der Waals surface area contributed by atoms with E-state index >= 15 is 0 Å². The molecule has 0 radical (unpaired) electrons. The van der Waals surface area contributed by atoms with Crippen molar-refractivity contribution >= 4 is 17.5 Å². The summed E-state index contributed by atoms with van der Waals surface area (Å²) < 4.78 is 0. The smallest absolute Gasteiger partial charge is 0.251 e. The Kier molecular flexibility index (Phi) is 2.04. The van der Waals surface area contributed by atoms with E-state index in [0.717, 1.165) is 13.1 Å². The van der Waals surface area contributed by atoms with Gasteiger partial charge < -0.3 is 0 Å². The number of hydrogen-bond acceptors (Lipinski definition) is 3. The number of amides is 2. The van der Waals surface area contributed by atoms with Gasteiger partial charge in [-0.15, -0.1) is 0 Å². The number of carbonyl (C=O) groups excluding carboxylic acids is 2. The Morgan fingerprint density at radius 1 is 1.06 bits per heavy atom. The van der Waals surface area contributed by atoms with Gasteiger partial charge >= 0.3 is 0 Å². The van der Waals surface area contributed by atoms with Crippen LogP contribution in [-0.4, -0.2) is 35.8 Å². The summed E-state index contributed by atoms with van der Waals surface area (Å²) in [4.78, 5) is 27.2. The number of anilines is 1. The van der Waals surface area contributed by atoms with Gasteiger partial charge in [0.25, 0.3) is 5.91 Å². The van der Waals surface area contributed by atoms with Crippen molar-refractivity contribution in [3.05, 3.63) is 30.3 Å². The lowest BCUT2D eigenvalue weighted by Gasteiger charge is -2.14. The number of imide groups is 1. The van der Waals surface area contributed by atoms with E-state index in [4.69, 9.17) is 0 Å². The number of para-hydroxylation sites is 1. The first-order chi connectivity index (χ1) is 7.77. The maximum absolute atomic E-state index is 12.1. The molecule has 0 saturated carbocycles. The van der Waals surface area contributed by atoms with Crippen LogP contribution in [0.4, 0.5) is 5.69 Å². The molecule has 0 N–H and O–H groups in total. The number of carbonyl (C=O) groups is 2. The predicted molar refractivity (Wildman–Crippen MR) is 58.9 cm³/mol. The second-order valence-corrected chi connectivity index (χ2v) is 4.16. The molecule has 4 nitrogen and oxygen atoms in total. The predicted octanol–water partition coefficient (Wildman–Crippen LogP) is 0.634. The minimum absolute atomic E-state index is 0.0753. The Balaban J connectivity index is 1.90. The van der Waals surface area contributed by atoms with Crippen LogP contribution >= 0.6 is 0 Å². The minimum atomic E-state index is -0.215. The quantitative estimate of drug-likeness (QED) is 0.538. The van der Waals surface area contributed by atoms with Gasteiger partial charge in [-0.25, -0.2) is 4.90 Å². The fourth-order valence-corrected chi connectivity index (χ4v) is 2.12. The third-order valence-electron chi connectivity index (χ3n) is 3.06. The molecule has 2 fully saturated rings. The molecule has 2 amide bonds. The maximum Gasteiger partial charge on any atom is 0.251 e. The van der Waals surface area contributed by atoms with Crippen LogP contribution in [0.25, 0.3) is 0 Å². The van der Waals surface area contributed by atoms with Gasteiger partial charge in [0.15, 0.2) is 0 Å². The fourth-order valence-electron chi connectivity index (χ4n) is 2.12. The van der Waals surface area contributed by atoms with E-state index in [-0.39, 0.29) is 17.9 Å². The summed E-state index contributed by atoms with van der Waals surface area (Å²) in [5.74, 6) is -0.165. The first-order valence-electron chi connectivity index (χ1n) is 5.43. The lowest BCUT2D eigenvalue weighted by atomic mass is 10.2. The van der Waals surface area contributed by atoms with E-state index in [1.165, 1.54) is 4.90 Å². The van der Waals surface area contributed by atoms with Gasteiger partial charge in [0.05, 0.1) is 18.2 Å². The maximum atomic E-state index is 12.1. The fraction of sp³-hybridized carbons (Fsp3) is 0.333. The molecule has 3 rings (SSSR count). The first-order valence-corrected chi connectivity index (χ1v) is 5.43. The highest BCUT2D eigenvalue weighted by molar-refractivity contribution is 6.22. The second kappa shape index (κ2) is 3.42. The standard InChI is InChI=1S/C12H12N2O2/c15-11-8-10(13-6-7-13)12(16)14(11)9-4-2-1-3-5-9/h1-5,10H,6-8H2. The summed E-state index contributed by atoms with van der Waals surface area (Å²) in [7, 11) is 0. The highest BCUT2D eigenvalue weighted by atomic mass is 16.2. The van der Waals surface area contributed by atoms with E-state index in [1.807, 2.05) is 23.1 Å². The average molecular weight is 216 g/mol. The van der Waals surface area contributed by atoms with Crippen molar-refractivity contribution in [1.29, 1.82) is 0 Å². The Labute approximate surface area is 93.5 Å². The molecule has 1 unspecified atom stereocenters. The van der Waals surface area contributed by atoms with Crippen LogP contribution in [0.5, 0.6) is 0 Å². The molecular weight excluding hydrogens is 204 g/mol. The van der Waals surface area contributed by atoms with Gasteiger partial charge in [-0.1, -0.05) is 18.2 Å². The van der Waals surface area contributed by atoms with Gasteiger partial charge in [-0.2, -0.15) is 0 Å². The number of rotatable bonds is 2. The molecule has 2 aliphatic rings. The minimum Gasteiger partial charge on any atom is -0.289 e. The molecule has 1 aromatic carbocycles. The molecule has 1 atom stereocenters. The average Bonchev–Trinajstić information content (AvgIpc) is 3.07. The third-order valence-corrected chi connectivity index (χ3v) is 3.06. The van der Waals surface area contributed by atoms with Crippen molar-refractivity contribution in [2.45, 2.75) is 12.5 Å². The second-order valence-electron chi connectivity index (χ2n) is 4.16. The number of hydrogen-bond donors (Lipinski definition) is 0. The van der Waals surface area contributed by atoms with Gasteiger partial charge in [0.1, 0.15) is 0 Å². The molecule has 82 valence electrons. The number of nitrogens with zero attached hydrogens (tertiary/aromatic N) is 2. The normalized spacial score (nSPS) is 25.2. The van der Waals surface area contributed by atoms with Crippen LogP contribution in [0.2, 0.25) is 0 Å². The monoisotopic (exact) mass is 216 g/mol. The van der Waals surface area contributed by atoms with E-state index in [2.05, 4.69) is 0 Å². The van der Waals surface area contributed by atoms with E-state index in [0.29, 0.717) is 12.1 Å². The Morgan fingerprint density at radius 3 is 2.38 bits per heavy atom. The summed E-state index contributed by atoms with van der Waals surface area (Å²) in [5, 5.41) is 0. The molecule has 16 heavy (non-hydrogen) atoms. The summed E-state index contributed by atoms with van der Waals surface area (Å²) in [5.41, 5.74) is 0.682. The SMILES string of the molecule is O=C1CC(N2CC2)C(=O)N1c1ccccc1. The van der Waals surface area contributed by atoms with E-state index < -0.39 is 0 Å². The van der Waals surface area contributed by atoms with Crippen LogP contribution in [0, 0.1) is 0 Å². The van der Waals surface area contributed by atoms with Crippen molar-refractivity contribution in [2.75, 3.05) is 18.0 Å². The van der Waals surface area contributed by atoms with Crippen molar-refractivity contribution in [2.24, 2.45) is 0 Å². The molecule has 2 aliphatic heterocycles. The highest BCUT2D eigenvalue weighted by Gasteiger charge is 2.45. The Morgan fingerprint density at radius 2 is 1.75 bits per heavy atom. The zero-order valence-electron chi connectivity index (χ0n) is 8.80. The zero-order valence-corrected chi connectivity index (χ0v) is 8.80. The van der Waals surface area contributed by atoms with Gasteiger partial charge in [-0.05, 0) is 12.1 Å². The van der Waals surface area contributed by atoms with Gasteiger partial charge in [0.2, 0.25) is 5.91 Å². The highest BCUT2D eigenvalue weighted by Crippen LogP contribution is 2.27. The van der Waals surface area contributed by atoms with Crippen LogP contribution in [0.1, 0.15) is 6.42 Å². The molecule has 2 saturated heterocycles. The summed E-state index contributed by atoms with van der Waals surface area (Å²) >= 11 is 0. The molecule has 0 aliphatic carbocycles. The first kappa shape index (κ1) is 9.54. The zero-order chi connectivity index (χ0) is 11.1. The van der Waals surface area contributed by atoms with Gasteiger partial charge in [0, 0.05) is 13.1 Å². The van der Waals surface area contributed by atoms with Crippen LogP contribution in [0.15, 0.2) is 30.3 Å². The van der Waals surface area contributed by atoms with Crippen LogP contribution in [-0.2, 0) is 9.59 Å². The molecule has 0 aromatic heterocycles. The van der Waals surface area contributed by atoms with E-state index in [1.54, 1.807) is 12.1 Å².